The molecular formula is C15H17NO2S. The first-order valence-electron chi connectivity index (χ1n) is 6.66. The van der Waals surface area contributed by atoms with E-state index in [1.165, 1.54) is 4.88 Å². The topological polar surface area (TPSA) is 42.2 Å². The Kier molecular flexibility index (Phi) is 3.42. The Morgan fingerprint density at radius 1 is 1.32 bits per heavy atom. The Labute approximate surface area is 116 Å². The van der Waals surface area contributed by atoms with Crippen LogP contribution in [0.5, 0.6) is 0 Å². The molecule has 0 unspecified atom stereocenters. The highest BCUT2D eigenvalue weighted by atomic mass is 32.1. The lowest BCUT2D eigenvalue weighted by Crippen LogP contribution is -2.41. The first kappa shape index (κ1) is 12.5. The number of carbonyl (C=O) groups is 1. The molecule has 100 valence electrons. The van der Waals surface area contributed by atoms with Crippen molar-refractivity contribution in [2.45, 2.75) is 37.6 Å². The molecule has 1 fully saturated rings. The zero-order valence-electron chi connectivity index (χ0n) is 10.7. The summed E-state index contributed by atoms with van der Waals surface area (Å²) < 4.78 is 5.26. The highest BCUT2D eigenvalue weighted by Gasteiger charge is 2.43. The van der Waals surface area contributed by atoms with Crippen molar-refractivity contribution in [2.75, 3.05) is 0 Å². The second-order valence-corrected chi connectivity index (χ2v) is 5.98. The van der Waals surface area contributed by atoms with Crippen molar-refractivity contribution < 1.29 is 9.21 Å². The van der Waals surface area contributed by atoms with E-state index in [1.807, 2.05) is 18.2 Å². The summed E-state index contributed by atoms with van der Waals surface area (Å²) in [5.41, 5.74) is -0.305. The highest BCUT2D eigenvalue weighted by molar-refractivity contribution is 7.10. The Balaban J connectivity index is 1.75. The van der Waals surface area contributed by atoms with Gasteiger partial charge in [0.15, 0.2) is 0 Å². The fourth-order valence-corrected chi connectivity index (χ4v) is 3.85. The zero-order chi connectivity index (χ0) is 13.1. The fourth-order valence-electron chi connectivity index (χ4n) is 2.86. The SMILES string of the molecule is O=C(NCc1ccco1)C1(c2cccs2)CCCC1. The van der Waals surface area contributed by atoms with E-state index >= 15 is 0 Å². The van der Waals surface area contributed by atoms with E-state index in [0.29, 0.717) is 6.54 Å². The number of carbonyl (C=O) groups excluding carboxylic acids is 1. The molecule has 3 nitrogen and oxygen atoms in total. The van der Waals surface area contributed by atoms with E-state index in [0.717, 1.165) is 31.4 Å². The molecule has 2 aromatic rings. The average Bonchev–Trinajstić information content (AvgIpc) is 3.15. The monoisotopic (exact) mass is 275 g/mol. The van der Waals surface area contributed by atoms with Crippen molar-refractivity contribution in [1.29, 1.82) is 0 Å². The summed E-state index contributed by atoms with van der Waals surface area (Å²) in [4.78, 5) is 13.8. The maximum absolute atomic E-state index is 12.6. The van der Waals surface area contributed by atoms with Crippen LogP contribution in [0.25, 0.3) is 0 Å². The van der Waals surface area contributed by atoms with Gasteiger partial charge < -0.3 is 9.73 Å². The Morgan fingerprint density at radius 3 is 2.79 bits per heavy atom. The van der Waals surface area contributed by atoms with Crippen LogP contribution in [0.15, 0.2) is 40.3 Å². The van der Waals surface area contributed by atoms with Gasteiger partial charge in [-0.2, -0.15) is 0 Å². The maximum atomic E-state index is 12.6. The van der Waals surface area contributed by atoms with E-state index in [4.69, 9.17) is 4.42 Å². The molecular weight excluding hydrogens is 258 g/mol. The molecule has 0 radical (unpaired) electrons. The van der Waals surface area contributed by atoms with E-state index in [9.17, 15) is 4.79 Å². The van der Waals surface area contributed by atoms with E-state index in [1.54, 1.807) is 17.6 Å². The van der Waals surface area contributed by atoms with E-state index in [2.05, 4.69) is 16.8 Å². The third kappa shape index (κ3) is 2.32. The summed E-state index contributed by atoms with van der Waals surface area (Å²) in [5, 5.41) is 5.08. The van der Waals surface area contributed by atoms with Gasteiger partial charge >= 0.3 is 0 Å². The number of nitrogens with one attached hydrogen (secondary N) is 1. The van der Waals surface area contributed by atoms with Crippen molar-refractivity contribution >= 4 is 17.2 Å². The second-order valence-electron chi connectivity index (χ2n) is 5.03. The Hall–Kier alpha value is -1.55. The van der Waals surface area contributed by atoms with Gasteiger partial charge in [-0.1, -0.05) is 18.9 Å². The maximum Gasteiger partial charge on any atom is 0.231 e. The molecule has 0 aromatic carbocycles. The number of rotatable bonds is 4. The first-order chi connectivity index (χ1) is 9.31. The number of furan rings is 1. The molecule has 0 saturated heterocycles. The standard InChI is InChI=1S/C15H17NO2S/c17-14(16-11-12-5-3-9-18-12)15(7-1-2-8-15)13-6-4-10-19-13/h3-6,9-10H,1-2,7-8,11H2,(H,16,17). The minimum atomic E-state index is -0.305. The summed E-state index contributed by atoms with van der Waals surface area (Å²) >= 11 is 1.69. The molecule has 1 amide bonds. The van der Waals surface area contributed by atoms with Gasteiger partial charge in [-0.15, -0.1) is 11.3 Å². The Morgan fingerprint density at radius 2 is 2.16 bits per heavy atom. The van der Waals surface area contributed by atoms with Crippen LogP contribution in [0.2, 0.25) is 0 Å². The number of hydrogen-bond donors (Lipinski definition) is 1. The number of hydrogen-bond acceptors (Lipinski definition) is 3. The van der Waals surface area contributed by atoms with Gasteiger partial charge in [-0.25, -0.2) is 0 Å². The molecule has 1 aliphatic rings. The van der Waals surface area contributed by atoms with Crippen LogP contribution in [0, 0.1) is 0 Å². The molecule has 0 spiro atoms. The van der Waals surface area contributed by atoms with Crippen molar-refractivity contribution in [3.63, 3.8) is 0 Å². The van der Waals surface area contributed by atoms with E-state index in [-0.39, 0.29) is 11.3 Å². The van der Waals surface area contributed by atoms with Crippen LogP contribution < -0.4 is 5.32 Å². The summed E-state index contributed by atoms with van der Waals surface area (Å²) in [6.07, 6.45) is 5.80. The lowest BCUT2D eigenvalue weighted by Gasteiger charge is -2.26. The predicted octanol–water partition coefficient (Wildman–Crippen LogP) is 3.47. The van der Waals surface area contributed by atoms with Crippen LogP contribution in [0.1, 0.15) is 36.3 Å². The molecule has 3 rings (SSSR count). The lowest BCUT2D eigenvalue weighted by atomic mass is 9.83. The molecule has 0 aliphatic heterocycles. The summed E-state index contributed by atoms with van der Waals surface area (Å²) in [6, 6.07) is 7.83. The molecule has 4 heteroatoms. The van der Waals surface area contributed by atoms with Crippen LogP contribution in [-0.4, -0.2) is 5.91 Å². The lowest BCUT2D eigenvalue weighted by molar-refractivity contribution is -0.126. The Bertz CT molecular complexity index is 525. The van der Waals surface area contributed by atoms with Crippen molar-refractivity contribution in [2.24, 2.45) is 0 Å². The van der Waals surface area contributed by atoms with Gasteiger partial charge in [0.05, 0.1) is 18.2 Å². The van der Waals surface area contributed by atoms with Gasteiger partial charge in [0, 0.05) is 4.88 Å². The van der Waals surface area contributed by atoms with Crippen LogP contribution in [0.4, 0.5) is 0 Å². The van der Waals surface area contributed by atoms with Crippen LogP contribution in [0.3, 0.4) is 0 Å². The van der Waals surface area contributed by atoms with Gasteiger partial charge in [0.1, 0.15) is 5.76 Å². The number of amides is 1. The third-order valence-electron chi connectivity index (χ3n) is 3.89. The smallest absolute Gasteiger partial charge is 0.231 e. The molecule has 2 heterocycles. The van der Waals surface area contributed by atoms with Crippen molar-refractivity contribution in [3.8, 4) is 0 Å². The van der Waals surface area contributed by atoms with Crippen molar-refractivity contribution in [3.05, 3.63) is 46.5 Å². The molecule has 1 saturated carbocycles. The van der Waals surface area contributed by atoms with E-state index < -0.39 is 0 Å². The minimum absolute atomic E-state index is 0.142. The third-order valence-corrected chi connectivity index (χ3v) is 4.96. The molecule has 1 aliphatic carbocycles. The largest absolute Gasteiger partial charge is 0.467 e. The molecule has 19 heavy (non-hydrogen) atoms. The highest BCUT2D eigenvalue weighted by Crippen LogP contribution is 2.43. The zero-order valence-corrected chi connectivity index (χ0v) is 11.5. The van der Waals surface area contributed by atoms with Gasteiger partial charge in [-0.05, 0) is 36.4 Å². The minimum Gasteiger partial charge on any atom is -0.467 e. The predicted molar refractivity (Wildman–Crippen MR) is 75.0 cm³/mol. The van der Waals surface area contributed by atoms with Gasteiger partial charge in [-0.3, -0.25) is 4.79 Å². The summed E-state index contributed by atoms with van der Waals surface area (Å²) in [6.45, 7) is 0.471. The molecule has 0 atom stereocenters. The molecule has 0 bridgehead atoms. The average molecular weight is 275 g/mol. The normalized spacial score (nSPS) is 17.5. The van der Waals surface area contributed by atoms with Gasteiger partial charge in [0.2, 0.25) is 5.91 Å². The number of thiophene rings is 1. The van der Waals surface area contributed by atoms with Gasteiger partial charge in [0.25, 0.3) is 0 Å². The molecule has 2 aromatic heterocycles. The van der Waals surface area contributed by atoms with Crippen molar-refractivity contribution in [1.82, 2.24) is 5.32 Å². The molecule has 1 N–H and O–H groups in total. The van der Waals surface area contributed by atoms with Crippen LogP contribution in [-0.2, 0) is 16.8 Å². The fraction of sp³-hybridized carbons (Fsp3) is 0.400. The first-order valence-corrected chi connectivity index (χ1v) is 7.54. The second kappa shape index (κ2) is 5.21. The summed E-state index contributed by atoms with van der Waals surface area (Å²) in [7, 11) is 0. The quantitative estimate of drug-likeness (QED) is 0.928. The van der Waals surface area contributed by atoms with Crippen LogP contribution >= 0.6 is 11.3 Å². The summed E-state index contributed by atoms with van der Waals surface area (Å²) in [5.74, 6) is 0.941.